The van der Waals surface area contributed by atoms with Crippen molar-refractivity contribution in [2.24, 2.45) is 0 Å². The second-order valence-electron chi connectivity index (χ2n) is 7.46. The van der Waals surface area contributed by atoms with E-state index in [1.165, 1.54) is 0 Å². The summed E-state index contributed by atoms with van der Waals surface area (Å²) in [5, 5.41) is 2.91. The summed E-state index contributed by atoms with van der Waals surface area (Å²) in [6.07, 6.45) is 1.85. The van der Waals surface area contributed by atoms with Crippen LogP contribution in [0.4, 0.5) is 0 Å². The molecule has 31 heavy (non-hydrogen) atoms. The number of aryl methyl sites for hydroxylation is 1. The summed E-state index contributed by atoms with van der Waals surface area (Å²) >= 11 is 0. The SMILES string of the molecule is COc1cccc(/C=[N+]2\NC(=O)[C@H](NC(=O)c3ccccc3)[C@@H]2c2ccc(C)cc2)c1. The summed E-state index contributed by atoms with van der Waals surface area (Å²) in [7, 11) is 1.61. The highest BCUT2D eigenvalue weighted by Crippen LogP contribution is 2.26. The van der Waals surface area contributed by atoms with E-state index in [1.54, 1.807) is 36.1 Å². The fourth-order valence-electron chi connectivity index (χ4n) is 3.64. The lowest BCUT2D eigenvalue weighted by molar-refractivity contribution is -0.596. The third kappa shape index (κ3) is 4.48. The predicted molar refractivity (Wildman–Crippen MR) is 118 cm³/mol. The van der Waals surface area contributed by atoms with E-state index in [0.29, 0.717) is 5.56 Å². The Morgan fingerprint density at radius 3 is 2.48 bits per heavy atom. The Hall–Kier alpha value is -3.93. The van der Waals surface area contributed by atoms with Crippen molar-refractivity contribution >= 4 is 18.0 Å². The summed E-state index contributed by atoms with van der Waals surface area (Å²) in [6, 6.07) is 23.2. The number of nitrogens with zero attached hydrogens (tertiary/aromatic N) is 1. The van der Waals surface area contributed by atoms with Crippen molar-refractivity contribution in [3.8, 4) is 5.75 Å². The molecule has 2 N–H and O–H groups in total. The van der Waals surface area contributed by atoms with E-state index < -0.39 is 12.1 Å². The van der Waals surface area contributed by atoms with Crippen LogP contribution in [0.1, 0.15) is 33.1 Å². The lowest BCUT2D eigenvalue weighted by atomic mass is 9.98. The summed E-state index contributed by atoms with van der Waals surface area (Å²) in [5.41, 5.74) is 6.31. The molecule has 2 atom stereocenters. The first-order chi connectivity index (χ1) is 15.0. The summed E-state index contributed by atoms with van der Waals surface area (Å²) in [4.78, 5) is 25.7. The van der Waals surface area contributed by atoms with Crippen LogP contribution in [0.15, 0.2) is 78.9 Å². The monoisotopic (exact) mass is 414 g/mol. The first-order valence-corrected chi connectivity index (χ1v) is 10.1. The third-order valence-corrected chi connectivity index (χ3v) is 5.26. The molecular formula is C25H24N3O3+. The minimum absolute atomic E-state index is 0.269. The molecule has 0 aromatic heterocycles. The summed E-state index contributed by atoms with van der Waals surface area (Å²) in [5.74, 6) is 0.162. The molecule has 6 heteroatoms. The molecule has 6 nitrogen and oxygen atoms in total. The van der Waals surface area contributed by atoms with Crippen LogP contribution in [0.3, 0.4) is 0 Å². The number of benzene rings is 3. The number of methoxy groups -OCH3 is 1. The summed E-state index contributed by atoms with van der Waals surface area (Å²) in [6.45, 7) is 2.01. The maximum absolute atomic E-state index is 12.9. The zero-order valence-corrected chi connectivity index (χ0v) is 17.4. The van der Waals surface area contributed by atoms with Gasteiger partial charge in [0.2, 0.25) is 12.3 Å². The zero-order chi connectivity index (χ0) is 21.8. The van der Waals surface area contributed by atoms with Crippen molar-refractivity contribution in [3.05, 3.63) is 101 Å². The van der Waals surface area contributed by atoms with Crippen LogP contribution in [0.2, 0.25) is 0 Å². The number of nitrogens with one attached hydrogen (secondary N) is 2. The van der Waals surface area contributed by atoms with Crippen LogP contribution in [0.5, 0.6) is 5.75 Å². The minimum atomic E-state index is -0.753. The number of carbonyl (C=O) groups is 2. The Labute approximate surface area is 181 Å². The molecule has 1 aliphatic rings. The van der Waals surface area contributed by atoms with Crippen LogP contribution in [0, 0.1) is 6.92 Å². The minimum Gasteiger partial charge on any atom is -0.497 e. The molecule has 4 rings (SSSR count). The molecule has 0 spiro atoms. The molecule has 0 radical (unpaired) electrons. The van der Waals surface area contributed by atoms with Gasteiger partial charge in [-0.3, -0.25) is 9.59 Å². The number of amides is 2. The fraction of sp³-hybridized carbons (Fsp3) is 0.160. The molecule has 1 heterocycles. The lowest BCUT2D eigenvalue weighted by Crippen LogP contribution is -2.42. The third-order valence-electron chi connectivity index (χ3n) is 5.26. The van der Waals surface area contributed by atoms with Crippen LogP contribution >= 0.6 is 0 Å². The smallest absolute Gasteiger partial charge is 0.304 e. The van der Waals surface area contributed by atoms with Crippen molar-refractivity contribution in [2.75, 3.05) is 7.11 Å². The van der Waals surface area contributed by atoms with Crippen molar-refractivity contribution in [1.29, 1.82) is 0 Å². The predicted octanol–water partition coefficient (Wildman–Crippen LogP) is 3.02. The molecule has 1 fully saturated rings. The van der Waals surface area contributed by atoms with E-state index in [2.05, 4.69) is 10.7 Å². The van der Waals surface area contributed by atoms with E-state index in [0.717, 1.165) is 22.4 Å². The first kappa shape index (κ1) is 20.3. The second kappa shape index (κ2) is 8.83. The van der Waals surface area contributed by atoms with E-state index >= 15 is 0 Å². The molecule has 3 aromatic rings. The Kier molecular flexibility index (Phi) is 5.80. The molecule has 0 aliphatic carbocycles. The Balaban J connectivity index is 1.71. The van der Waals surface area contributed by atoms with Gasteiger partial charge in [-0.15, -0.1) is 10.1 Å². The highest BCUT2D eigenvalue weighted by molar-refractivity contribution is 5.98. The Morgan fingerprint density at radius 2 is 1.77 bits per heavy atom. The maximum atomic E-state index is 12.9. The van der Waals surface area contributed by atoms with Gasteiger partial charge in [-0.05, 0) is 37.3 Å². The van der Waals surface area contributed by atoms with Gasteiger partial charge >= 0.3 is 5.91 Å². The van der Waals surface area contributed by atoms with Gasteiger partial charge in [0.25, 0.3) is 5.91 Å². The van der Waals surface area contributed by atoms with E-state index in [4.69, 9.17) is 4.74 Å². The van der Waals surface area contributed by atoms with Crippen molar-refractivity contribution < 1.29 is 19.0 Å². The van der Waals surface area contributed by atoms with Gasteiger partial charge in [-0.25, -0.2) is 0 Å². The Bertz CT molecular complexity index is 1120. The van der Waals surface area contributed by atoms with Gasteiger partial charge in [-0.1, -0.05) is 54.1 Å². The number of ether oxygens (including phenoxy) is 1. The van der Waals surface area contributed by atoms with E-state index in [1.807, 2.05) is 67.7 Å². The van der Waals surface area contributed by atoms with Crippen molar-refractivity contribution in [2.45, 2.75) is 19.0 Å². The van der Waals surface area contributed by atoms with E-state index in [-0.39, 0.29) is 11.8 Å². The molecule has 0 unspecified atom stereocenters. The van der Waals surface area contributed by atoms with Gasteiger partial charge in [0.15, 0.2) is 6.04 Å². The average Bonchev–Trinajstić information content (AvgIpc) is 3.09. The number of carbonyl (C=O) groups excluding carboxylic acids is 2. The van der Waals surface area contributed by atoms with Crippen molar-refractivity contribution in [3.63, 3.8) is 0 Å². The van der Waals surface area contributed by atoms with Crippen LogP contribution in [0.25, 0.3) is 0 Å². The molecule has 156 valence electrons. The molecule has 0 saturated carbocycles. The topological polar surface area (TPSA) is 70.4 Å². The maximum Gasteiger partial charge on any atom is 0.304 e. The lowest BCUT2D eigenvalue weighted by Gasteiger charge is -2.15. The molecule has 1 saturated heterocycles. The van der Waals surface area contributed by atoms with Crippen LogP contribution < -0.4 is 15.5 Å². The quantitative estimate of drug-likeness (QED) is 0.631. The normalized spacial score (nSPS) is 19.2. The molecule has 2 amide bonds. The number of hydrazine groups is 1. The van der Waals surface area contributed by atoms with Gasteiger partial charge < -0.3 is 10.1 Å². The highest BCUT2D eigenvalue weighted by atomic mass is 16.5. The largest absolute Gasteiger partial charge is 0.497 e. The molecule has 0 bridgehead atoms. The average molecular weight is 414 g/mol. The van der Waals surface area contributed by atoms with Gasteiger partial charge in [0.1, 0.15) is 5.75 Å². The number of hydrazone groups is 1. The van der Waals surface area contributed by atoms with Crippen molar-refractivity contribution in [1.82, 2.24) is 10.7 Å². The second-order valence-corrected chi connectivity index (χ2v) is 7.46. The number of hydrogen-bond acceptors (Lipinski definition) is 3. The number of hydrogen-bond donors (Lipinski definition) is 2. The Morgan fingerprint density at radius 1 is 1.03 bits per heavy atom. The first-order valence-electron chi connectivity index (χ1n) is 10.1. The van der Waals surface area contributed by atoms with E-state index in [9.17, 15) is 9.59 Å². The zero-order valence-electron chi connectivity index (χ0n) is 17.4. The van der Waals surface area contributed by atoms with Crippen LogP contribution in [-0.4, -0.2) is 35.9 Å². The van der Waals surface area contributed by atoms with Crippen LogP contribution in [-0.2, 0) is 4.79 Å². The molecular weight excluding hydrogens is 390 g/mol. The van der Waals surface area contributed by atoms with Gasteiger partial charge in [0, 0.05) is 16.7 Å². The standard InChI is InChI=1S/C25H23N3O3/c1-17-11-13-19(14-12-17)23-22(26-24(29)20-8-4-3-5-9-20)25(30)27-28(23)16-18-7-6-10-21(15-18)31-2/h3-16,22-23H,1-2H3,(H-,26,27,29,30)/p+1/b28-16-/t22-,23+/m1/s1. The highest BCUT2D eigenvalue weighted by Gasteiger charge is 2.47. The molecule has 1 aliphatic heterocycles. The van der Waals surface area contributed by atoms with Gasteiger partial charge in [0.05, 0.1) is 7.11 Å². The summed E-state index contributed by atoms with van der Waals surface area (Å²) < 4.78 is 7.05. The fourth-order valence-corrected chi connectivity index (χ4v) is 3.64. The van der Waals surface area contributed by atoms with Gasteiger partial charge in [-0.2, -0.15) is 0 Å². The number of rotatable bonds is 5. The molecule has 3 aromatic carbocycles.